The van der Waals surface area contributed by atoms with Crippen LogP contribution in [0.4, 0.5) is 11.4 Å². The molecule has 0 unspecified atom stereocenters. The predicted octanol–water partition coefficient (Wildman–Crippen LogP) is 7.09. The van der Waals surface area contributed by atoms with E-state index in [1.54, 1.807) is 6.20 Å². The second-order valence-electron chi connectivity index (χ2n) is 6.55. The van der Waals surface area contributed by atoms with Crippen LogP contribution in [-0.2, 0) is 39.4 Å². The molecule has 0 spiro atoms. The van der Waals surface area contributed by atoms with E-state index in [1.807, 2.05) is 55.0 Å². The third-order valence-corrected chi connectivity index (χ3v) is 4.81. The molecule has 0 radical (unpaired) electrons. The summed E-state index contributed by atoms with van der Waals surface area (Å²) >= 11 is 0. The van der Waals surface area contributed by atoms with E-state index in [4.69, 9.17) is 9.98 Å². The summed E-state index contributed by atoms with van der Waals surface area (Å²) in [5, 5.41) is 0. The van der Waals surface area contributed by atoms with Gasteiger partial charge < -0.3 is 0 Å². The van der Waals surface area contributed by atoms with E-state index in [9.17, 15) is 0 Å². The van der Waals surface area contributed by atoms with Crippen molar-refractivity contribution in [2.24, 2.45) is 9.98 Å². The molecule has 0 saturated heterocycles. The van der Waals surface area contributed by atoms with Gasteiger partial charge >= 0.3 is 0 Å². The van der Waals surface area contributed by atoms with Gasteiger partial charge in [-0.3, -0.25) is 20.0 Å². The summed E-state index contributed by atoms with van der Waals surface area (Å²) in [7, 11) is 0. The predicted molar refractivity (Wildman–Crippen MR) is 142 cm³/mol. The van der Waals surface area contributed by atoms with Gasteiger partial charge in [0, 0.05) is 63.7 Å². The minimum atomic E-state index is 0. The van der Waals surface area contributed by atoms with Crippen molar-refractivity contribution in [1.82, 2.24) is 9.97 Å². The maximum Gasteiger partial charge on any atom is 0.0812 e. The van der Waals surface area contributed by atoms with Crippen molar-refractivity contribution < 1.29 is 33.0 Å². The number of hydrogen-bond acceptors (Lipinski definition) is 4. The van der Waals surface area contributed by atoms with E-state index in [0.29, 0.717) is 0 Å². The monoisotopic (exact) mass is 616 g/mol. The summed E-state index contributed by atoms with van der Waals surface area (Å²) in [6.45, 7) is 8.42. The Hall–Kier alpha value is -0.993. The maximum atomic E-state index is 4.75. The fourth-order valence-corrected chi connectivity index (χ4v) is 2.99. The van der Waals surface area contributed by atoms with Gasteiger partial charge in [-0.25, -0.2) is 0 Å². The normalized spacial score (nSPS) is 9.45. The first-order valence-electron chi connectivity index (χ1n) is 9.06. The number of aliphatic imine (C=N–C) groups is 2. The van der Waals surface area contributed by atoms with Crippen molar-refractivity contribution in [2.45, 2.75) is 34.1 Å². The van der Waals surface area contributed by atoms with E-state index >= 15 is 0 Å². The van der Waals surface area contributed by atoms with E-state index < -0.39 is 0 Å². The molecule has 4 nitrogen and oxygen atoms in total. The Labute approximate surface area is 241 Å². The smallest absolute Gasteiger partial charge is 0.0812 e. The zero-order valence-corrected chi connectivity index (χ0v) is 23.8. The van der Waals surface area contributed by atoms with Gasteiger partial charge in [-0.1, -0.05) is 12.1 Å². The van der Waals surface area contributed by atoms with Crippen molar-refractivity contribution in [3.05, 3.63) is 82.4 Å². The second-order valence-corrected chi connectivity index (χ2v) is 6.55. The Morgan fingerprint density at radius 1 is 0.667 bits per heavy atom. The molecular formula is C23H28Cl4N4Ni2. The van der Waals surface area contributed by atoms with Crippen LogP contribution >= 0.6 is 49.6 Å². The molecule has 0 N–H and O–H groups in total. The topological polar surface area (TPSA) is 50.5 Å². The molecule has 0 aliphatic heterocycles. The van der Waals surface area contributed by atoms with Crippen LogP contribution in [0.25, 0.3) is 0 Å². The second kappa shape index (κ2) is 19.3. The zero-order valence-electron chi connectivity index (χ0n) is 18.5. The molecule has 188 valence electrons. The fourth-order valence-electron chi connectivity index (χ4n) is 2.99. The van der Waals surface area contributed by atoms with Crippen LogP contribution in [0.1, 0.15) is 33.6 Å². The average Bonchev–Trinajstić information content (AvgIpc) is 2.70. The van der Waals surface area contributed by atoms with Crippen LogP contribution in [0.15, 0.2) is 58.8 Å². The summed E-state index contributed by atoms with van der Waals surface area (Å²) in [6.07, 6.45) is 8.06. The summed E-state index contributed by atoms with van der Waals surface area (Å²) in [5.74, 6) is 0. The number of rotatable bonds is 5. The SMILES string of the molecule is Cc1c(C)c(N=Cc2ccccn2)c(C)c(C)c1N=CCc1ccccn1.Cl.Cl.Cl.Cl.[Ni].[Ni]. The summed E-state index contributed by atoms with van der Waals surface area (Å²) < 4.78 is 0. The van der Waals surface area contributed by atoms with Crippen molar-refractivity contribution >= 4 is 73.4 Å². The largest absolute Gasteiger partial charge is 0.261 e. The number of pyridine rings is 2. The summed E-state index contributed by atoms with van der Waals surface area (Å²) in [4.78, 5) is 18.1. The van der Waals surface area contributed by atoms with Crippen molar-refractivity contribution in [3.8, 4) is 0 Å². The van der Waals surface area contributed by atoms with E-state index in [-0.39, 0.29) is 82.6 Å². The van der Waals surface area contributed by atoms with Gasteiger partial charge in [0.2, 0.25) is 0 Å². The van der Waals surface area contributed by atoms with E-state index in [2.05, 4.69) is 37.7 Å². The molecule has 33 heavy (non-hydrogen) atoms. The van der Waals surface area contributed by atoms with Gasteiger partial charge in [-0.2, -0.15) is 0 Å². The summed E-state index contributed by atoms with van der Waals surface area (Å²) in [5.41, 5.74) is 8.50. The Kier molecular flexibility index (Phi) is 23.0. The van der Waals surface area contributed by atoms with Gasteiger partial charge in [-0.05, 0) is 74.2 Å². The molecule has 2 aromatic heterocycles. The molecular weight excluding hydrogens is 591 g/mol. The molecule has 2 heterocycles. The first-order chi connectivity index (χ1) is 13.1. The minimum absolute atomic E-state index is 0. The Balaban J connectivity index is -0.000000701. The molecule has 1 aromatic carbocycles. The standard InChI is InChI=1S/C23H24N4.4ClH.2Ni/c1-16-18(3)23(27-15-21-10-6-8-13-25-21)19(4)17(2)22(16)26-14-11-20-9-5-7-12-24-20;;;;;;/h5-10,12-15H,11H2,1-4H3;4*1H;;. The van der Waals surface area contributed by atoms with Gasteiger partial charge in [0.1, 0.15) is 0 Å². The van der Waals surface area contributed by atoms with Gasteiger partial charge in [0.25, 0.3) is 0 Å². The third kappa shape index (κ3) is 10.4. The van der Waals surface area contributed by atoms with E-state index in [1.165, 1.54) is 0 Å². The van der Waals surface area contributed by atoms with Crippen LogP contribution in [0.3, 0.4) is 0 Å². The van der Waals surface area contributed by atoms with Gasteiger partial charge in [0.05, 0.1) is 23.3 Å². The number of hydrogen-bond donors (Lipinski definition) is 0. The molecule has 0 fully saturated rings. The number of aromatic nitrogens is 2. The average molecular weight is 620 g/mol. The molecule has 0 atom stereocenters. The van der Waals surface area contributed by atoms with Crippen LogP contribution in [-0.4, -0.2) is 22.4 Å². The van der Waals surface area contributed by atoms with Crippen LogP contribution in [0.5, 0.6) is 0 Å². The molecule has 3 aromatic rings. The minimum Gasteiger partial charge on any atom is -0.261 e. The Bertz CT molecular complexity index is 973. The summed E-state index contributed by atoms with van der Waals surface area (Å²) in [6, 6.07) is 11.7. The molecule has 3 rings (SSSR count). The fraction of sp³-hybridized carbons (Fsp3) is 0.217. The zero-order chi connectivity index (χ0) is 19.2. The molecule has 0 aliphatic carbocycles. The number of halogens is 4. The van der Waals surface area contributed by atoms with Crippen LogP contribution < -0.4 is 0 Å². The Morgan fingerprint density at radius 2 is 1.15 bits per heavy atom. The van der Waals surface area contributed by atoms with Gasteiger partial charge in [0.15, 0.2) is 0 Å². The molecule has 10 heteroatoms. The molecule has 0 bridgehead atoms. The molecule has 0 amide bonds. The molecule has 0 saturated carbocycles. The first kappa shape index (κ1) is 39.2. The van der Waals surface area contributed by atoms with Gasteiger partial charge in [-0.15, -0.1) is 49.6 Å². The number of nitrogens with zero attached hydrogens (tertiary/aromatic N) is 4. The van der Waals surface area contributed by atoms with Crippen molar-refractivity contribution in [2.75, 3.05) is 0 Å². The van der Waals surface area contributed by atoms with Crippen molar-refractivity contribution in [1.29, 1.82) is 0 Å². The maximum absolute atomic E-state index is 4.75. The van der Waals surface area contributed by atoms with Crippen molar-refractivity contribution in [3.63, 3.8) is 0 Å². The Morgan fingerprint density at radius 3 is 1.61 bits per heavy atom. The molecule has 0 aliphatic rings. The third-order valence-electron chi connectivity index (χ3n) is 4.81. The van der Waals surface area contributed by atoms with Crippen LogP contribution in [0.2, 0.25) is 0 Å². The van der Waals surface area contributed by atoms with E-state index in [0.717, 1.165) is 51.4 Å². The van der Waals surface area contributed by atoms with Crippen LogP contribution in [0, 0.1) is 27.7 Å². The quantitative estimate of drug-likeness (QED) is 0.226. The number of benzene rings is 1. The first-order valence-corrected chi connectivity index (χ1v) is 9.06.